The number of rotatable bonds is 3. The lowest BCUT2D eigenvalue weighted by Crippen LogP contribution is -2.03. The van der Waals surface area contributed by atoms with E-state index in [1.807, 2.05) is 0 Å². The first-order valence-electron chi connectivity index (χ1n) is 4.96. The van der Waals surface area contributed by atoms with Crippen molar-refractivity contribution in [2.24, 2.45) is 5.73 Å². The Balaban J connectivity index is 2.11. The molecule has 4 nitrogen and oxygen atoms in total. The minimum atomic E-state index is -4.46. The summed E-state index contributed by atoms with van der Waals surface area (Å²) in [7, 11) is 0. The van der Waals surface area contributed by atoms with Crippen LogP contribution in [0.3, 0.4) is 0 Å². The molecular formula is C10H9F3N4S. The highest BCUT2D eigenvalue weighted by Crippen LogP contribution is 2.33. The number of nitrogens with two attached hydrogens (primary N) is 1. The van der Waals surface area contributed by atoms with Gasteiger partial charge in [-0.3, -0.25) is 0 Å². The first kappa shape index (κ1) is 12.8. The van der Waals surface area contributed by atoms with E-state index in [9.17, 15) is 13.2 Å². The van der Waals surface area contributed by atoms with Gasteiger partial charge in [0, 0.05) is 12.2 Å². The Morgan fingerprint density at radius 1 is 1.17 bits per heavy atom. The molecule has 96 valence electrons. The molecule has 1 aromatic heterocycles. The predicted molar refractivity (Wildman–Crippen MR) is 62.5 cm³/mol. The van der Waals surface area contributed by atoms with Crippen LogP contribution >= 0.6 is 11.3 Å². The van der Waals surface area contributed by atoms with Crippen molar-refractivity contribution in [1.29, 1.82) is 0 Å². The fourth-order valence-corrected chi connectivity index (χ4v) is 1.87. The molecule has 3 N–H and O–H groups in total. The number of alkyl halides is 3. The summed E-state index contributed by atoms with van der Waals surface area (Å²) in [5.74, 6) is 0. The largest absolute Gasteiger partial charge is 0.445 e. The van der Waals surface area contributed by atoms with Crippen molar-refractivity contribution >= 4 is 22.2 Å². The van der Waals surface area contributed by atoms with Gasteiger partial charge < -0.3 is 11.1 Å². The van der Waals surface area contributed by atoms with E-state index in [0.29, 0.717) is 23.6 Å². The Morgan fingerprint density at radius 2 is 1.83 bits per heavy atom. The van der Waals surface area contributed by atoms with E-state index >= 15 is 0 Å². The monoisotopic (exact) mass is 274 g/mol. The molecule has 0 aliphatic rings. The molecule has 1 aromatic carbocycles. The third kappa shape index (κ3) is 2.96. The molecule has 8 heteroatoms. The number of hydrogen-bond donors (Lipinski definition) is 2. The summed E-state index contributed by atoms with van der Waals surface area (Å²) in [4.78, 5) is 0. The summed E-state index contributed by atoms with van der Waals surface area (Å²) in [5, 5.41) is 8.39. The summed E-state index contributed by atoms with van der Waals surface area (Å²) >= 11 is 0.462. The van der Waals surface area contributed by atoms with Crippen LogP contribution in [0.15, 0.2) is 24.3 Å². The predicted octanol–water partition coefficient (Wildman–Crippen LogP) is 2.76. The van der Waals surface area contributed by atoms with Gasteiger partial charge in [-0.05, 0) is 17.7 Å². The standard InChI is InChI=1S/C10H9F3N4S/c11-10(12,13)8-16-17-9(18-8)15-7-3-1-6(5-14)2-4-7/h1-4H,5,14H2,(H,15,17). The normalized spacial score (nSPS) is 11.6. The Hall–Kier alpha value is -1.67. The summed E-state index contributed by atoms with van der Waals surface area (Å²) < 4.78 is 36.9. The van der Waals surface area contributed by atoms with Crippen molar-refractivity contribution in [3.05, 3.63) is 34.8 Å². The zero-order chi connectivity index (χ0) is 13.2. The third-order valence-electron chi connectivity index (χ3n) is 2.11. The Bertz CT molecular complexity index is 521. The maximum atomic E-state index is 12.3. The van der Waals surface area contributed by atoms with Gasteiger partial charge in [-0.15, -0.1) is 10.2 Å². The third-order valence-corrected chi connectivity index (χ3v) is 2.99. The van der Waals surface area contributed by atoms with Crippen LogP contribution in [-0.2, 0) is 12.7 Å². The van der Waals surface area contributed by atoms with Gasteiger partial charge in [-0.25, -0.2) is 0 Å². The molecule has 0 atom stereocenters. The van der Waals surface area contributed by atoms with Gasteiger partial charge in [0.15, 0.2) is 0 Å². The molecule has 2 aromatic rings. The van der Waals surface area contributed by atoms with E-state index in [2.05, 4.69) is 15.5 Å². The van der Waals surface area contributed by atoms with E-state index in [0.717, 1.165) is 5.56 Å². The minimum Gasteiger partial charge on any atom is -0.330 e. The van der Waals surface area contributed by atoms with Gasteiger partial charge in [-0.1, -0.05) is 23.5 Å². The number of halogens is 3. The SMILES string of the molecule is NCc1ccc(Nc2nnc(C(F)(F)F)s2)cc1. The molecule has 0 fully saturated rings. The fourth-order valence-electron chi connectivity index (χ4n) is 1.24. The number of nitrogens with zero attached hydrogens (tertiary/aromatic N) is 2. The van der Waals surface area contributed by atoms with E-state index in [1.54, 1.807) is 24.3 Å². The van der Waals surface area contributed by atoms with Crippen LogP contribution in [0.5, 0.6) is 0 Å². The molecule has 2 rings (SSSR count). The van der Waals surface area contributed by atoms with Crippen LogP contribution in [0.1, 0.15) is 10.6 Å². The topological polar surface area (TPSA) is 63.8 Å². The van der Waals surface area contributed by atoms with Crippen molar-refractivity contribution in [3.63, 3.8) is 0 Å². The fraction of sp³-hybridized carbons (Fsp3) is 0.200. The molecule has 0 unspecified atom stereocenters. The van der Waals surface area contributed by atoms with Gasteiger partial charge >= 0.3 is 6.18 Å². The van der Waals surface area contributed by atoms with Crippen molar-refractivity contribution < 1.29 is 13.2 Å². The zero-order valence-corrected chi connectivity index (χ0v) is 9.85. The van der Waals surface area contributed by atoms with Crippen LogP contribution in [0.2, 0.25) is 0 Å². The van der Waals surface area contributed by atoms with Gasteiger partial charge in [-0.2, -0.15) is 13.2 Å². The molecule has 1 heterocycles. The Kier molecular flexibility index (Phi) is 3.48. The summed E-state index contributed by atoms with van der Waals surface area (Å²) in [6.45, 7) is 0.414. The maximum Gasteiger partial charge on any atom is 0.445 e. The highest BCUT2D eigenvalue weighted by atomic mass is 32.1. The first-order valence-corrected chi connectivity index (χ1v) is 5.77. The first-order chi connectivity index (χ1) is 8.49. The van der Waals surface area contributed by atoms with Crippen LogP contribution in [0, 0.1) is 0 Å². The Morgan fingerprint density at radius 3 is 2.33 bits per heavy atom. The molecule has 0 radical (unpaired) electrons. The van der Waals surface area contributed by atoms with Crippen LogP contribution in [0.25, 0.3) is 0 Å². The van der Waals surface area contributed by atoms with Crippen molar-refractivity contribution in [1.82, 2.24) is 10.2 Å². The van der Waals surface area contributed by atoms with Crippen molar-refractivity contribution in [2.75, 3.05) is 5.32 Å². The lowest BCUT2D eigenvalue weighted by molar-refractivity contribution is -0.138. The highest BCUT2D eigenvalue weighted by Gasteiger charge is 2.35. The molecule has 0 amide bonds. The van der Waals surface area contributed by atoms with Crippen LogP contribution in [0.4, 0.5) is 24.0 Å². The molecule has 0 saturated carbocycles. The number of aromatic nitrogens is 2. The number of nitrogens with one attached hydrogen (secondary N) is 1. The minimum absolute atomic E-state index is 0.0998. The second kappa shape index (κ2) is 4.91. The molecule has 18 heavy (non-hydrogen) atoms. The molecule has 0 saturated heterocycles. The summed E-state index contributed by atoms with van der Waals surface area (Å²) in [6.07, 6.45) is -4.46. The van der Waals surface area contributed by atoms with Gasteiger partial charge in [0.05, 0.1) is 0 Å². The summed E-state index contributed by atoms with van der Waals surface area (Å²) in [6, 6.07) is 7.01. The lowest BCUT2D eigenvalue weighted by Gasteiger charge is -2.02. The molecule has 0 bridgehead atoms. The second-order valence-electron chi connectivity index (χ2n) is 3.44. The van der Waals surface area contributed by atoms with E-state index < -0.39 is 11.2 Å². The van der Waals surface area contributed by atoms with E-state index in [4.69, 9.17) is 5.73 Å². The molecular weight excluding hydrogens is 265 g/mol. The van der Waals surface area contributed by atoms with Crippen LogP contribution < -0.4 is 11.1 Å². The van der Waals surface area contributed by atoms with Crippen molar-refractivity contribution in [3.8, 4) is 0 Å². The number of benzene rings is 1. The van der Waals surface area contributed by atoms with Gasteiger partial charge in [0.2, 0.25) is 10.1 Å². The summed E-state index contributed by atoms with van der Waals surface area (Å²) in [5.41, 5.74) is 7.01. The number of anilines is 2. The molecule has 0 spiro atoms. The van der Waals surface area contributed by atoms with Crippen molar-refractivity contribution in [2.45, 2.75) is 12.7 Å². The smallest absolute Gasteiger partial charge is 0.330 e. The second-order valence-corrected chi connectivity index (χ2v) is 4.41. The van der Waals surface area contributed by atoms with Crippen LogP contribution in [-0.4, -0.2) is 10.2 Å². The van der Waals surface area contributed by atoms with E-state index in [-0.39, 0.29) is 5.13 Å². The lowest BCUT2D eigenvalue weighted by atomic mass is 10.2. The molecule has 0 aliphatic heterocycles. The Labute approximate surface area is 105 Å². The quantitative estimate of drug-likeness (QED) is 0.903. The van der Waals surface area contributed by atoms with Gasteiger partial charge in [0.1, 0.15) is 0 Å². The molecule has 0 aliphatic carbocycles. The zero-order valence-electron chi connectivity index (χ0n) is 9.03. The maximum absolute atomic E-state index is 12.3. The van der Waals surface area contributed by atoms with Gasteiger partial charge in [0.25, 0.3) is 0 Å². The highest BCUT2D eigenvalue weighted by molar-refractivity contribution is 7.15. The number of hydrogen-bond acceptors (Lipinski definition) is 5. The van der Waals surface area contributed by atoms with E-state index in [1.165, 1.54) is 0 Å². The average Bonchev–Trinajstić information content (AvgIpc) is 2.78. The average molecular weight is 274 g/mol.